The predicted molar refractivity (Wildman–Crippen MR) is 78.0 cm³/mol. The van der Waals surface area contributed by atoms with Crippen LogP contribution in [0.25, 0.3) is 0 Å². The molecular formula is C16H27NO. The molecule has 0 aliphatic rings. The lowest BCUT2D eigenvalue weighted by Crippen LogP contribution is -2.28. The fourth-order valence-corrected chi connectivity index (χ4v) is 1.98. The Bertz CT molecular complexity index is 297. The molecule has 0 fully saturated rings. The first-order valence-electron chi connectivity index (χ1n) is 7.12. The van der Waals surface area contributed by atoms with Crippen LogP contribution >= 0.6 is 0 Å². The summed E-state index contributed by atoms with van der Waals surface area (Å²) in [6.07, 6.45) is 2.31. The summed E-state index contributed by atoms with van der Waals surface area (Å²) in [7, 11) is 0. The van der Waals surface area contributed by atoms with Gasteiger partial charge < -0.3 is 10.1 Å². The second-order valence-electron chi connectivity index (χ2n) is 5.16. The van der Waals surface area contributed by atoms with Gasteiger partial charge in [-0.25, -0.2) is 0 Å². The highest BCUT2D eigenvalue weighted by atomic mass is 16.5. The Kier molecular flexibility index (Phi) is 7.51. The molecule has 1 unspecified atom stereocenters. The molecule has 1 aromatic rings. The maximum Gasteiger partial charge on any atom is 0.119 e. The number of rotatable bonds is 9. The monoisotopic (exact) mass is 249 g/mol. The van der Waals surface area contributed by atoms with Crippen LogP contribution in [-0.2, 0) is 0 Å². The smallest absolute Gasteiger partial charge is 0.119 e. The second-order valence-corrected chi connectivity index (χ2v) is 5.16. The highest BCUT2D eigenvalue weighted by Gasteiger charge is 2.12. The molecule has 0 spiro atoms. The summed E-state index contributed by atoms with van der Waals surface area (Å²) in [5, 5.41) is 3.51. The minimum absolute atomic E-state index is 0.695. The molecule has 0 amide bonds. The quantitative estimate of drug-likeness (QED) is 0.673. The standard InChI is InChI=1S/C16H27NO/c1-4-11-17-13-15(14(2)3)10-12-18-16-8-6-5-7-9-16/h5-9,14-15,17H,4,10-13H2,1-3H3. The van der Waals surface area contributed by atoms with E-state index in [-0.39, 0.29) is 0 Å². The van der Waals surface area contributed by atoms with Crippen molar-refractivity contribution in [1.82, 2.24) is 5.32 Å². The average molecular weight is 249 g/mol. The number of ether oxygens (including phenoxy) is 1. The van der Waals surface area contributed by atoms with Gasteiger partial charge in [0.2, 0.25) is 0 Å². The van der Waals surface area contributed by atoms with Crippen LogP contribution in [-0.4, -0.2) is 19.7 Å². The van der Waals surface area contributed by atoms with Gasteiger partial charge in [-0.3, -0.25) is 0 Å². The van der Waals surface area contributed by atoms with Crippen LogP contribution in [0.1, 0.15) is 33.6 Å². The number of para-hydroxylation sites is 1. The largest absolute Gasteiger partial charge is 0.494 e. The molecule has 0 aliphatic heterocycles. The maximum atomic E-state index is 5.77. The van der Waals surface area contributed by atoms with E-state index >= 15 is 0 Å². The van der Waals surface area contributed by atoms with Crippen molar-refractivity contribution in [3.05, 3.63) is 30.3 Å². The van der Waals surface area contributed by atoms with Crippen LogP contribution in [0, 0.1) is 11.8 Å². The van der Waals surface area contributed by atoms with Crippen molar-refractivity contribution in [1.29, 1.82) is 0 Å². The van der Waals surface area contributed by atoms with Gasteiger partial charge in [0.1, 0.15) is 5.75 Å². The topological polar surface area (TPSA) is 21.3 Å². The molecule has 0 saturated carbocycles. The Balaban J connectivity index is 2.25. The van der Waals surface area contributed by atoms with Crippen molar-refractivity contribution < 1.29 is 4.74 Å². The van der Waals surface area contributed by atoms with Gasteiger partial charge >= 0.3 is 0 Å². The summed E-state index contributed by atoms with van der Waals surface area (Å²) in [4.78, 5) is 0. The molecule has 1 aromatic carbocycles. The SMILES string of the molecule is CCCNCC(CCOc1ccccc1)C(C)C. The lowest BCUT2D eigenvalue weighted by atomic mass is 9.93. The van der Waals surface area contributed by atoms with Gasteiger partial charge in [-0.1, -0.05) is 39.0 Å². The van der Waals surface area contributed by atoms with E-state index in [1.165, 1.54) is 6.42 Å². The predicted octanol–water partition coefficient (Wildman–Crippen LogP) is 3.73. The molecule has 1 rings (SSSR count). The molecule has 1 atom stereocenters. The van der Waals surface area contributed by atoms with Crippen molar-refractivity contribution in [2.45, 2.75) is 33.6 Å². The summed E-state index contributed by atoms with van der Waals surface area (Å²) in [6.45, 7) is 9.81. The van der Waals surface area contributed by atoms with Gasteiger partial charge in [-0.05, 0) is 49.9 Å². The Hall–Kier alpha value is -1.02. The third kappa shape index (κ3) is 6.06. The Morgan fingerprint density at radius 1 is 1.17 bits per heavy atom. The lowest BCUT2D eigenvalue weighted by molar-refractivity contribution is 0.244. The summed E-state index contributed by atoms with van der Waals surface area (Å²) in [5.74, 6) is 2.37. The molecule has 1 N–H and O–H groups in total. The molecule has 0 aromatic heterocycles. The maximum absolute atomic E-state index is 5.77. The molecule has 102 valence electrons. The van der Waals surface area contributed by atoms with Crippen LogP contribution < -0.4 is 10.1 Å². The van der Waals surface area contributed by atoms with Crippen LogP contribution in [0.3, 0.4) is 0 Å². The molecule has 0 radical (unpaired) electrons. The van der Waals surface area contributed by atoms with Crippen molar-refractivity contribution in [3.63, 3.8) is 0 Å². The van der Waals surface area contributed by atoms with E-state index in [1.807, 2.05) is 30.3 Å². The van der Waals surface area contributed by atoms with Crippen molar-refractivity contribution in [3.8, 4) is 5.75 Å². The minimum Gasteiger partial charge on any atom is -0.494 e. The number of hydrogen-bond acceptors (Lipinski definition) is 2. The van der Waals surface area contributed by atoms with Crippen LogP contribution in [0.5, 0.6) is 5.75 Å². The van der Waals surface area contributed by atoms with Gasteiger partial charge in [-0.15, -0.1) is 0 Å². The van der Waals surface area contributed by atoms with Crippen LogP contribution in [0.15, 0.2) is 30.3 Å². The highest BCUT2D eigenvalue weighted by molar-refractivity contribution is 5.20. The summed E-state index contributed by atoms with van der Waals surface area (Å²) in [6, 6.07) is 10.1. The van der Waals surface area contributed by atoms with Gasteiger partial charge in [0, 0.05) is 0 Å². The zero-order chi connectivity index (χ0) is 13.2. The Labute approximate surface area is 112 Å². The molecule has 18 heavy (non-hydrogen) atoms. The van der Waals surface area contributed by atoms with Gasteiger partial charge in [0.15, 0.2) is 0 Å². The third-order valence-corrected chi connectivity index (χ3v) is 3.28. The lowest BCUT2D eigenvalue weighted by Gasteiger charge is -2.21. The highest BCUT2D eigenvalue weighted by Crippen LogP contribution is 2.16. The van der Waals surface area contributed by atoms with E-state index in [0.717, 1.165) is 31.9 Å². The summed E-state index contributed by atoms with van der Waals surface area (Å²) < 4.78 is 5.77. The van der Waals surface area contributed by atoms with Gasteiger partial charge in [0.05, 0.1) is 6.61 Å². The van der Waals surface area contributed by atoms with E-state index in [2.05, 4.69) is 26.1 Å². The molecule has 0 heterocycles. The molecule has 0 aliphatic carbocycles. The molecular weight excluding hydrogens is 222 g/mol. The first kappa shape index (κ1) is 15.0. The van der Waals surface area contributed by atoms with E-state index in [1.54, 1.807) is 0 Å². The Morgan fingerprint density at radius 3 is 2.50 bits per heavy atom. The Morgan fingerprint density at radius 2 is 1.89 bits per heavy atom. The van der Waals surface area contributed by atoms with Crippen molar-refractivity contribution in [2.75, 3.05) is 19.7 Å². The number of hydrogen-bond donors (Lipinski definition) is 1. The van der Waals surface area contributed by atoms with Gasteiger partial charge in [-0.2, -0.15) is 0 Å². The summed E-state index contributed by atoms with van der Waals surface area (Å²) >= 11 is 0. The van der Waals surface area contributed by atoms with E-state index in [0.29, 0.717) is 11.8 Å². The van der Waals surface area contributed by atoms with E-state index in [9.17, 15) is 0 Å². The zero-order valence-corrected chi connectivity index (χ0v) is 12.0. The fourth-order valence-electron chi connectivity index (χ4n) is 1.98. The summed E-state index contributed by atoms with van der Waals surface area (Å²) in [5.41, 5.74) is 0. The van der Waals surface area contributed by atoms with Crippen molar-refractivity contribution in [2.24, 2.45) is 11.8 Å². The van der Waals surface area contributed by atoms with Crippen molar-refractivity contribution >= 4 is 0 Å². The van der Waals surface area contributed by atoms with Crippen LogP contribution in [0.4, 0.5) is 0 Å². The first-order valence-corrected chi connectivity index (χ1v) is 7.12. The van der Waals surface area contributed by atoms with E-state index < -0.39 is 0 Å². The fraction of sp³-hybridized carbons (Fsp3) is 0.625. The van der Waals surface area contributed by atoms with Crippen LogP contribution in [0.2, 0.25) is 0 Å². The third-order valence-electron chi connectivity index (χ3n) is 3.28. The number of nitrogens with one attached hydrogen (secondary N) is 1. The first-order chi connectivity index (χ1) is 8.74. The molecule has 2 nitrogen and oxygen atoms in total. The number of benzene rings is 1. The molecule has 2 heteroatoms. The van der Waals surface area contributed by atoms with Gasteiger partial charge in [0.25, 0.3) is 0 Å². The average Bonchev–Trinajstić information content (AvgIpc) is 2.38. The zero-order valence-electron chi connectivity index (χ0n) is 12.0. The second kappa shape index (κ2) is 8.98. The minimum atomic E-state index is 0.695. The molecule has 0 saturated heterocycles. The van der Waals surface area contributed by atoms with E-state index in [4.69, 9.17) is 4.74 Å². The molecule has 0 bridgehead atoms. The normalized spacial score (nSPS) is 12.7.